The summed E-state index contributed by atoms with van der Waals surface area (Å²) in [5, 5.41) is 5.43. The van der Waals surface area contributed by atoms with Gasteiger partial charge in [0, 0.05) is 12.6 Å². The average Bonchev–Trinajstić information content (AvgIpc) is 3.34. The average molecular weight is 519 g/mol. The largest absolute Gasteiger partial charge is 0.460 e. The topological polar surface area (TPSA) is 97.6 Å². The molecule has 0 aliphatic heterocycles. The Balaban J connectivity index is 1.89. The van der Waals surface area contributed by atoms with Gasteiger partial charge in [0.05, 0.1) is 6.42 Å². The highest BCUT2D eigenvalue weighted by Gasteiger charge is 2.36. The fraction of sp³-hybridized carbons (Fsp3) is 0.387. The Bertz CT molecular complexity index is 1250. The molecule has 0 radical (unpaired) electrons. The molecule has 7 heteroatoms. The summed E-state index contributed by atoms with van der Waals surface area (Å²) in [6.07, 6.45) is -0.229. The number of rotatable bonds is 8. The van der Waals surface area contributed by atoms with Crippen molar-refractivity contribution < 1.29 is 23.5 Å². The summed E-state index contributed by atoms with van der Waals surface area (Å²) < 4.78 is 11.6. The molecule has 0 saturated carbocycles. The molecule has 38 heavy (non-hydrogen) atoms. The van der Waals surface area contributed by atoms with Crippen LogP contribution in [0.5, 0.6) is 0 Å². The van der Waals surface area contributed by atoms with Gasteiger partial charge in [0.2, 0.25) is 11.8 Å². The van der Waals surface area contributed by atoms with Gasteiger partial charge in [-0.05, 0) is 49.4 Å². The second-order valence-electron chi connectivity index (χ2n) is 11.4. The zero-order valence-electron chi connectivity index (χ0n) is 23.3. The first-order chi connectivity index (χ1) is 17.8. The molecule has 7 nitrogen and oxygen atoms in total. The van der Waals surface area contributed by atoms with Crippen LogP contribution >= 0.6 is 0 Å². The van der Waals surface area contributed by atoms with Crippen LogP contribution < -0.4 is 10.6 Å². The molecule has 2 unspecified atom stereocenters. The molecular formula is C31H38N2O5. The van der Waals surface area contributed by atoms with Crippen LogP contribution in [-0.4, -0.2) is 36.5 Å². The smallest absolute Gasteiger partial charge is 0.307 e. The standard InChI is InChI=1S/C31H38N2O5/c1-30(2,3)27(29(36)32-7)33-28(35)23(19-26(34)38-31(4,5)6)25-18-17-24(37-25)22-15-13-21(14-16-22)20-11-9-8-10-12-20/h8-18,23,27H,19H2,1-7H3,(H,32,36)(H,33,35). The van der Waals surface area contributed by atoms with E-state index in [-0.39, 0.29) is 12.3 Å². The van der Waals surface area contributed by atoms with Crippen molar-refractivity contribution in [1.29, 1.82) is 0 Å². The third kappa shape index (κ3) is 7.57. The van der Waals surface area contributed by atoms with Gasteiger partial charge in [-0.2, -0.15) is 0 Å². The number of hydrogen-bond donors (Lipinski definition) is 2. The lowest BCUT2D eigenvalue weighted by atomic mass is 9.85. The number of hydrogen-bond acceptors (Lipinski definition) is 5. The molecule has 0 saturated heterocycles. The van der Waals surface area contributed by atoms with E-state index in [9.17, 15) is 14.4 Å². The van der Waals surface area contributed by atoms with E-state index in [0.29, 0.717) is 11.5 Å². The lowest BCUT2D eigenvalue weighted by Gasteiger charge is -2.31. The highest BCUT2D eigenvalue weighted by atomic mass is 16.6. The Labute approximate surface area is 225 Å². The van der Waals surface area contributed by atoms with Gasteiger partial charge in [-0.15, -0.1) is 0 Å². The lowest BCUT2D eigenvalue weighted by Crippen LogP contribution is -2.54. The number of furan rings is 1. The Morgan fingerprint density at radius 1 is 0.789 bits per heavy atom. The molecule has 3 aromatic rings. The molecule has 2 N–H and O–H groups in total. The highest BCUT2D eigenvalue weighted by molar-refractivity contribution is 5.92. The van der Waals surface area contributed by atoms with Gasteiger partial charge in [0.1, 0.15) is 29.1 Å². The summed E-state index contributed by atoms with van der Waals surface area (Å²) in [6, 6.07) is 20.6. The van der Waals surface area contributed by atoms with Crippen LogP contribution in [0.15, 0.2) is 71.1 Å². The van der Waals surface area contributed by atoms with E-state index < -0.39 is 34.9 Å². The van der Waals surface area contributed by atoms with E-state index in [0.717, 1.165) is 16.7 Å². The summed E-state index contributed by atoms with van der Waals surface area (Å²) in [7, 11) is 1.52. The molecule has 2 aromatic carbocycles. The molecule has 2 atom stereocenters. The lowest BCUT2D eigenvalue weighted by molar-refractivity contribution is -0.156. The number of nitrogens with one attached hydrogen (secondary N) is 2. The van der Waals surface area contributed by atoms with Gasteiger partial charge in [-0.1, -0.05) is 75.4 Å². The van der Waals surface area contributed by atoms with Gasteiger partial charge in [0.25, 0.3) is 0 Å². The fourth-order valence-corrected chi connectivity index (χ4v) is 4.09. The third-order valence-electron chi connectivity index (χ3n) is 6.02. The molecule has 0 aliphatic rings. The quantitative estimate of drug-likeness (QED) is 0.373. The second kappa shape index (κ2) is 11.7. The molecule has 1 aromatic heterocycles. The maximum Gasteiger partial charge on any atom is 0.307 e. The van der Waals surface area contributed by atoms with Gasteiger partial charge in [0.15, 0.2) is 0 Å². The second-order valence-corrected chi connectivity index (χ2v) is 11.4. The van der Waals surface area contributed by atoms with Crippen molar-refractivity contribution in [3.8, 4) is 22.5 Å². The SMILES string of the molecule is CNC(=O)C(NC(=O)C(CC(=O)OC(C)(C)C)c1ccc(-c2ccc(-c3ccccc3)cc2)o1)C(C)(C)C. The van der Waals surface area contributed by atoms with Crippen LogP contribution in [0, 0.1) is 5.41 Å². The third-order valence-corrected chi connectivity index (χ3v) is 6.02. The summed E-state index contributed by atoms with van der Waals surface area (Å²) in [5.41, 5.74) is 1.76. The van der Waals surface area contributed by atoms with Gasteiger partial charge < -0.3 is 19.8 Å². The number of amides is 2. The van der Waals surface area contributed by atoms with Crippen molar-refractivity contribution in [1.82, 2.24) is 10.6 Å². The Kier molecular flexibility index (Phi) is 8.82. The molecule has 0 spiro atoms. The first-order valence-electron chi connectivity index (χ1n) is 12.8. The van der Waals surface area contributed by atoms with Crippen LogP contribution in [0.25, 0.3) is 22.5 Å². The van der Waals surface area contributed by atoms with Crippen LogP contribution in [0.4, 0.5) is 0 Å². The maximum atomic E-state index is 13.5. The summed E-state index contributed by atoms with van der Waals surface area (Å²) >= 11 is 0. The Hall–Kier alpha value is -3.87. The van der Waals surface area contributed by atoms with Crippen molar-refractivity contribution in [2.45, 2.75) is 65.5 Å². The minimum Gasteiger partial charge on any atom is -0.460 e. The maximum absolute atomic E-state index is 13.5. The first-order valence-corrected chi connectivity index (χ1v) is 12.8. The zero-order valence-corrected chi connectivity index (χ0v) is 23.3. The molecular weight excluding hydrogens is 480 g/mol. The van der Waals surface area contributed by atoms with E-state index in [1.807, 2.05) is 75.4 Å². The number of esters is 1. The van der Waals surface area contributed by atoms with Crippen LogP contribution in [0.2, 0.25) is 0 Å². The van der Waals surface area contributed by atoms with Crippen molar-refractivity contribution in [2.24, 2.45) is 5.41 Å². The Morgan fingerprint density at radius 2 is 1.37 bits per heavy atom. The number of carbonyl (C=O) groups excluding carboxylic acids is 3. The van der Waals surface area contributed by atoms with E-state index in [1.54, 1.807) is 32.9 Å². The molecule has 0 fully saturated rings. The molecule has 2 amide bonds. The van der Waals surface area contributed by atoms with Crippen LogP contribution in [0.3, 0.4) is 0 Å². The normalized spacial score (nSPS) is 13.3. The monoisotopic (exact) mass is 518 g/mol. The van der Waals surface area contributed by atoms with Gasteiger partial charge in [-0.25, -0.2) is 0 Å². The predicted octanol–water partition coefficient (Wildman–Crippen LogP) is 5.71. The van der Waals surface area contributed by atoms with Crippen LogP contribution in [0.1, 0.15) is 59.6 Å². The van der Waals surface area contributed by atoms with Crippen molar-refractivity contribution in [3.05, 3.63) is 72.5 Å². The molecule has 0 bridgehead atoms. The molecule has 0 aliphatic carbocycles. The molecule has 1 heterocycles. The summed E-state index contributed by atoms with van der Waals surface area (Å²) in [5.74, 6) is -1.42. The number of benzene rings is 2. The summed E-state index contributed by atoms with van der Waals surface area (Å²) in [4.78, 5) is 38.8. The predicted molar refractivity (Wildman–Crippen MR) is 148 cm³/mol. The first kappa shape index (κ1) is 28.7. The minimum atomic E-state index is -0.975. The highest BCUT2D eigenvalue weighted by Crippen LogP contribution is 2.31. The fourth-order valence-electron chi connectivity index (χ4n) is 4.09. The van der Waals surface area contributed by atoms with Crippen molar-refractivity contribution in [3.63, 3.8) is 0 Å². The van der Waals surface area contributed by atoms with E-state index in [1.165, 1.54) is 7.05 Å². The van der Waals surface area contributed by atoms with E-state index in [4.69, 9.17) is 9.15 Å². The minimum absolute atomic E-state index is 0.229. The van der Waals surface area contributed by atoms with Crippen molar-refractivity contribution >= 4 is 17.8 Å². The summed E-state index contributed by atoms with van der Waals surface area (Å²) in [6.45, 7) is 10.9. The van der Waals surface area contributed by atoms with Crippen molar-refractivity contribution in [2.75, 3.05) is 7.05 Å². The number of carbonyl (C=O) groups is 3. The van der Waals surface area contributed by atoms with Crippen LogP contribution in [-0.2, 0) is 19.1 Å². The number of likely N-dealkylation sites (N-methyl/N-ethyl adjacent to an activating group) is 1. The van der Waals surface area contributed by atoms with Gasteiger partial charge in [-0.3, -0.25) is 14.4 Å². The zero-order chi connectivity index (χ0) is 28.1. The van der Waals surface area contributed by atoms with Gasteiger partial charge >= 0.3 is 5.97 Å². The van der Waals surface area contributed by atoms with E-state index >= 15 is 0 Å². The number of ether oxygens (including phenoxy) is 1. The molecule has 202 valence electrons. The van der Waals surface area contributed by atoms with E-state index in [2.05, 4.69) is 10.6 Å². The Morgan fingerprint density at radius 3 is 1.92 bits per heavy atom. The molecule has 3 rings (SSSR count).